The van der Waals surface area contributed by atoms with Gasteiger partial charge in [0.05, 0.1) is 6.61 Å². The minimum Gasteiger partial charge on any atom is -0.466 e. The van der Waals surface area contributed by atoms with Crippen LogP contribution >= 0.6 is 11.8 Å². The van der Waals surface area contributed by atoms with Crippen molar-refractivity contribution in [3.05, 3.63) is 0 Å². The maximum Gasteiger partial charge on any atom is 0.305 e. The van der Waals surface area contributed by atoms with Gasteiger partial charge in [-0.15, -0.1) is 0 Å². The zero-order valence-corrected chi connectivity index (χ0v) is 18.4. The van der Waals surface area contributed by atoms with Crippen LogP contribution in [0.4, 0.5) is 0 Å². The molecule has 2 atom stereocenters. The fourth-order valence-electron chi connectivity index (χ4n) is 3.57. The summed E-state index contributed by atoms with van der Waals surface area (Å²) in [7, 11) is 0. The maximum atomic E-state index is 11.6. The Kier molecular flexibility index (Phi) is 15.6. The molecule has 1 aliphatic rings. The van der Waals surface area contributed by atoms with Crippen molar-refractivity contribution in [3.63, 3.8) is 0 Å². The third-order valence-electron chi connectivity index (χ3n) is 5.41. The van der Waals surface area contributed by atoms with E-state index in [0.717, 1.165) is 29.8 Å². The van der Waals surface area contributed by atoms with Crippen LogP contribution < -0.4 is 0 Å². The molecular formula is C23H44O2S. The molecule has 2 nitrogen and oxygen atoms in total. The molecule has 1 aliphatic heterocycles. The second-order valence-electron chi connectivity index (χ2n) is 8.00. The number of hydrogen-bond donors (Lipinski definition) is 0. The molecular weight excluding hydrogens is 340 g/mol. The van der Waals surface area contributed by atoms with Crippen LogP contribution in [0.3, 0.4) is 0 Å². The van der Waals surface area contributed by atoms with Crippen LogP contribution in [0.25, 0.3) is 0 Å². The number of thioether (sulfide) groups is 1. The summed E-state index contributed by atoms with van der Waals surface area (Å²) in [6, 6.07) is 0. The van der Waals surface area contributed by atoms with Crippen molar-refractivity contribution in [3.8, 4) is 0 Å². The number of unbranched alkanes of at least 4 members (excludes halogenated alkanes) is 11. The topological polar surface area (TPSA) is 26.3 Å². The Morgan fingerprint density at radius 1 is 0.692 bits per heavy atom. The highest BCUT2D eigenvalue weighted by molar-refractivity contribution is 8.07. The second kappa shape index (κ2) is 17.0. The monoisotopic (exact) mass is 384 g/mol. The lowest BCUT2D eigenvalue weighted by molar-refractivity contribution is -0.143. The van der Waals surface area contributed by atoms with Gasteiger partial charge in [-0.05, 0) is 25.7 Å². The first kappa shape index (κ1) is 23.9. The molecule has 0 radical (unpaired) electrons. The Balaban J connectivity index is 1.77. The molecule has 154 valence electrons. The Bertz CT molecular complexity index is 332. The predicted molar refractivity (Wildman–Crippen MR) is 116 cm³/mol. The maximum absolute atomic E-state index is 11.6. The molecule has 0 aromatic carbocycles. The molecule has 26 heavy (non-hydrogen) atoms. The minimum atomic E-state index is 0.00743. The quantitative estimate of drug-likeness (QED) is 0.130. The Labute approximate surface area is 167 Å². The minimum absolute atomic E-state index is 0.00743. The molecule has 3 heteroatoms. The first-order valence-corrected chi connectivity index (χ1v) is 12.5. The van der Waals surface area contributed by atoms with E-state index in [1.165, 1.54) is 83.5 Å². The van der Waals surface area contributed by atoms with Gasteiger partial charge in [0.15, 0.2) is 0 Å². The predicted octanol–water partition coefficient (Wildman–Crippen LogP) is 7.69. The normalized spacial score (nSPS) is 18.8. The highest BCUT2D eigenvalue weighted by Crippen LogP contribution is 2.47. The van der Waals surface area contributed by atoms with E-state index in [9.17, 15) is 4.79 Å². The third kappa shape index (κ3) is 13.9. The smallest absolute Gasteiger partial charge is 0.305 e. The van der Waals surface area contributed by atoms with Crippen molar-refractivity contribution in [2.75, 3.05) is 6.61 Å². The van der Waals surface area contributed by atoms with Crippen molar-refractivity contribution in [2.45, 2.75) is 134 Å². The summed E-state index contributed by atoms with van der Waals surface area (Å²) in [5.41, 5.74) is 0. The summed E-state index contributed by atoms with van der Waals surface area (Å²) in [5.74, 6) is 0.00743. The van der Waals surface area contributed by atoms with E-state index in [0.29, 0.717) is 13.0 Å². The van der Waals surface area contributed by atoms with Crippen molar-refractivity contribution in [1.29, 1.82) is 0 Å². The van der Waals surface area contributed by atoms with E-state index in [1.807, 2.05) is 0 Å². The fraction of sp³-hybridized carbons (Fsp3) is 0.957. The van der Waals surface area contributed by atoms with Gasteiger partial charge in [0, 0.05) is 16.9 Å². The summed E-state index contributed by atoms with van der Waals surface area (Å²) < 4.78 is 5.24. The van der Waals surface area contributed by atoms with Crippen LogP contribution in [-0.2, 0) is 9.53 Å². The van der Waals surface area contributed by atoms with E-state index in [2.05, 4.69) is 25.6 Å². The number of carbonyl (C=O) groups is 1. The third-order valence-corrected chi connectivity index (χ3v) is 6.92. The van der Waals surface area contributed by atoms with Crippen LogP contribution in [0.2, 0.25) is 0 Å². The molecule has 0 N–H and O–H groups in total. The zero-order valence-electron chi connectivity index (χ0n) is 17.6. The van der Waals surface area contributed by atoms with Crippen molar-refractivity contribution >= 4 is 17.7 Å². The van der Waals surface area contributed by atoms with Gasteiger partial charge < -0.3 is 4.74 Å². The zero-order chi connectivity index (χ0) is 18.9. The van der Waals surface area contributed by atoms with Gasteiger partial charge in [0.1, 0.15) is 0 Å². The van der Waals surface area contributed by atoms with E-state index in [1.54, 1.807) is 0 Å². The first-order chi connectivity index (χ1) is 12.8. The van der Waals surface area contributed by atoms with E-state index >= 15 is 0 Å². The molecule has 2 unspecified atom stereocenters. The highest BCUT2D eigenvalue weighted by Gasteiger charge is 2.36. The summed E-state index contributed by atoms with van der Waals surface area (Å²) >= 11 is 2.23. The fourth-order valence-corrected chi connectivity index (χ4v) is 4.80. The molecule has 1 heterocycles. The molecule has 0 aromatic rings. The summed E-state index contributed by atoms with van der Waals surface area (Å²) in [5, 5.41) is 1.97. The standard InChI is InChI=1S/C23H44O2S/c1-3-5-7-8-10-13-17-21-22(26-21)18-14-11-9-12-15-19-23(24)25-20-16-6-4-2/h21-22H,3-20H2,1-2H3. The van der Waals surface area contributed by atoms with Gasteiger partial charge in [-0.3, -0.25) is 4.79 Å². The summed E-state index contributed by atoms with van der Waals surface area (Å²) in [6.45, 7) is 5.07. The lowest BCUT2D eigenvalue weighted by atomic mass is 10.0. The van der Waals surface area contributed by atoms with Crippen LogP contribution in [0.15, 0.2) is 0 Å². The van der Waals surface area contributed by atoms with Crippen LogP contribution in [0.1, 0.15) is 123 Å². The molecule has 1 rings (SSSR count). The number of carbonyl (C=O) groups excluding carboxylic acids is 1. The molecule has 0 amide bonds. The van der Waals surface area contributed by atoms with Gasteiger partial charge in [-0.25, -0.2) is 0 Å². The van der Waals surface area contributed by atoms with Gasteiger partial charge in [-0.2, -0.15) is 11.8 Å². The molecule has 0 aliphatic carbocycles. The molecule has 1 saturated heterocycles. The number of hydrogen-bond acceptors (Lipinski definition) is 3. The van der Waals surface area contributed by atoms with Gasteiger partial charge >= 0.3 is 5.97 Å². The second-order valence-corrected chi connectivity index (χ2v) is 9.49. The first-order valence-electron chi connectivity index (χ1n) is 11.6. The summed E-state index contributed by atoms with van der Waals surface area (Å²) in [4.78, 5) is 11.6. The van der Waals surface area contributed by atoms with Gasteiger partial charge in [-0.1, -0.05) is 90.9 Å². The van der Waals surface area contributed by atoms with E-state index in [-0.39, 0.29) is 5.97 Å². The number of ether oxygens (including phenoxy) is 1. The lowest BCUT2D eigenvalue weighted by Gasteiger charge is -2.04. The van der Waals surface area contributed by atoms with Crippen molar-refractivity contribution in [2.24, 2.45) is 0 Å². The largest absolute Gasteiger partial charge is 0.466 e. The Hall–Kier alpha value is -0.180. The highest BCUT2D eigenvalue weighted by atomic mass is 32.2. The Morgan fingerprint density at radius 3 is 1.81 bits per heavy atom. The van der Waals surface area contributed by atoms with E-state index in [4.69, 9.17) is 4.74 Å². The molecule has 0 bridgehead atoms. The van der Waals surface area contributed by atoms with Crippen molar-refractivity contribution in [1.82, 2.24) is 0 Å². The molecule has 0 aromatic heterocycles. The SMILES string of the molecule is CCCCCCCCC1SC1CCCCCCCC(=O)OCCCCC. The van der Waals surface area contributed by atoms with E-state index < -0.39 is 0 Å². The lowest BCUT2D eigenvalue weighted by Crippen LogP contribution is -2.05. The molecule has 1 fully saturated rings. The number of esters is 1. The average Bonchev–Trinajstić information content (AvgIpc) is 3.39. The molecule has 0 saturated carbocycles. The van der Waals surface area contributed by atoms with Crippen molar-refractivity contribution < 1.29 is 9.53 Å². The molecule has 0 spiro atoms. The van der Waals surface area contributed by atoms with Crippen LogP contribution in [0.5, 0.6) is 0 Å². The van der Waals surface area contributed by atoms with Gasteiger partial charge in [0.25, 0.3) is 0 Å². The van der Waals surface area contributed by atoms with Crippen LogP contribution in [0, 0.1) is 0 Å². The van der Waals surface area contributed by atoms with Crippen LogP contribution in [-0.4, -0.2) is 23.1 Å². The summed E-state index contributed by atoms with van der Waals surface area (Å²) in [6.07, 6.45) is 21.6. The Morgan fingerprint density at radius 2 is 1.19 bits per heavy atom. The number of rotatable bonds is 19. The average molecular weight is 385 g/mol. The van der Waals surface area contributed by atoms with Gasteiger partial charge in [0.2, 0.25) is 0 Å².